The number of nitrogens with zero attached hydrogens (tertiary/aromatic N) is 1. The molecule has 0 bridgehead atoms. The minimum atomic E-state index is 0.738. The molecule has 2 aromatic rings. The molecule has 0 aliphatic heterocycles. The number of benzene rings is 1. The van der Waals surface area contributed by atoms with Gasteiger partial charge >= 0.3 is 0 Å². The van der Waals surface area contributed by atoms with Crippen molar-refractivity contribution in [2.75, 3.05) is 0 Å². The lowest BCUT2D eigenvalue weighted by atomic mass is 10.1. The van der Waals surface area contributed by atoms with Gasteiger partial charge in [0.2, 0.25) is 0 Å². The zero-order valence-corrected chi connectivity index (χ0v) is 9.37. The molecule has 0 aliphatic rings. The molecular formula is C10H6BrNS. The van der Waals surface area contributed by atoms with Gasteiger partial charge in [0.15, 0.2) is 0 Å². The Labute approximate surface area is 88.7 Å². The van der Waals surface area contributed by atoms with E-state index in [9.17, 15) is 0 Å². The summed E-state index contributed by atoms with van der Waals surface area (Å²) in [6.07, 6.45) is 0. The van der Waals surface area contributed by atoms with Gasteiger partial charge in [-0.1, -0.05) is 0 Å². The summed E-state index contributed by atoms with van der Waals surface area (Å²) < 4.78 is 2.10. The fourth-order valence-electron chi connectivity index (χ4n) is 1.38. The molecule has 0 amide bonds. The van der Waals surface area contributed by atoms with Crippen molar-refractivity contribution in [2.45, 2.75) is 6.92 Å². The molecule has 0 unspecified atom stereocenters. The molecule has 0 atom stereocenters. The van der Waals surface area contributed by atoms with Gasteiger partial charge in [-0.2, -0.15) is 5.26 Å². The van der Waals surface area contributed by atoms with Crippen LogP contribution in [0.25, 0.3) is 10.1 Å². The van der Waals surface area contributed by atoms with Gasteiger partial charge in [-0.15, -0.1) is 11.3 Å². The smallest absolute Gasteiger partial charge is 0.101 e. The second-order valence-electron chi connectivity index (χ2n) is 2.83. The van der Waals surface area contributed by atoms with Gasteiger partial charge in [-0.25, -0.2) is 0 Å². The SMILES string of the molecule is Cc1cc(Br)c(C#N)c2ccsc12. The van der Waals surface area contributed by atoms with Crippen LogP contribution in [0, 0.1) is 18.3 Å². The standard InChI is InChI=1S/C10H6BrNS/c1-6-4-9(11)8(5-12)7-2-3-13-10(6)7/h2-4H,1H3. The molecule has 0 N–H and O–H groups in total. The first-order valence-corrected chi connectivity index (χ1v) is 5.47. The van der Waals surface area contributed by atoms with Crippen LogP contribution in [0.1, 0.15) is 11.1 Å². The largest absolute Gasteiger partial charge is 0.192 e. The van der Waals surface area contributed by atoms with Gasteiger partial charge in [0.1, 0.15) is 6.07 Å². The second-order valence-corrected chi connectivity index (χ2v) is 4.60. The lowest BCUT2D eigenvalue weighted by molar-refractivity contribution is 1.47. The zero-order chi connectivity index (χ0) is 9.42. The summed E-state index contributed by atoms with van der Waals surface area (Å²) in [7, 11) is 0. The first-order chi connectivity index (χ1) is 6.24. The molecule has 0 fully saturated rings. The molecule has 0 aliphatic carbocycles. The zero-order valence-electron chi connectivity index (χ0n) is 6.97. The molecule has 0 saturated heterocycles. The Morgan fingerprint density at radius 3 is 3.00 bits per heavy atom. The van der Waals surface area contributed by atoms with E-state index in [-0.39, 0.29) is 0 Å². The molecule has 0 radical (unpaired) electrons. The Balaban J connectivity index is 2.99. The summed E-state index contributed by atoms with van der Waals surface area (Å²) in [4.78, 5) is 0. The fraction of sp³-hybridized carbons (Fsp3) is 0.100. The third-order valence-electron chi connectivity index (χ3n) is 1.99. The summed E-state index contributed by atoms with van der Waals surface area (Å²) in [5.41, 5.74) is 1.96. The van der Waals surface area contributed by atoms with Crippen LogP contribution in [0.15, 0.2) is 22.0 Å². The Morgan fingerprint density at radius 2 is 2.31 bits per heavy atom. The Bertz CT molecular complexity index is 507. The van der Waals surface area contributed by atoms with Gasteiger partial charge < -0.3 is 0 Å². The van der Waals surface area contributed by atoms with Gasteiger partial charge in [0.05, 0.1) is 5.56 Å². The fourth-order valence-corrected chi connectivity index (χ4v) is 2.91. The molecule has 64 valence electrons. The summed E-state index contributed by atoms with van der Waals surface area (Å²) in [5.74, 6) is 0. The predicted molar refractivity (Wildman–Crippen MR) is 59.0 cm³/mol. The van der Waals surface area contributed by atoms with Crippen LogP contribution >= 0.6 is 27.3 Å². The average Bonchev–Trinajstić information content (AvgIpc) is 2.53. The van der Waals surface area contributed by atoms with Gasteiger partial charge in [0.25, 0.3) is 0 Å². The molecule has 1 aromatic heterocycles. The molecule has 0 spiro atoms. The number of nitriles is 1. The highest BCUT2D eigenvalue weighted by Gasteiger charge is 2.08. The van der Waals surface area contributed by atoms with E-state index in [1.165, 1.54) is 10.3 Å². The first kappa shape index (κ1) is 8.74. The second kappa shape index (κ2) is 3.13. The van der Waals surface area contributed by atoms with Crippen molar-refractivity contribution in [3.63, 3.8) is 0 Å². The molecule has 0 saturated carbocycles. The topological polar surface area (TPSA) is 23.8 Å². The van der Waals surface area contributed by atoms with Crippen LogP contribution in [0.5, 0.6) is 0 Å². The maximum atomic E-state index is 8.95. The number of fused-ring (bicyclic) bond motifs is 1. The maximum Gasteiger partial charge on any atom is 0.101 e. The third kappa shape index (κ3) is 1.27. The van der Waals surface area contributed by atoms with Crippen molar-refractivity contribution in [2.24, 2.45) is 0 Å². The van der Waals surface area contributed by atoms with Crippen molar-refractivity contribution in [3.05, 3.63) is 33.1 Å². The van der Waals surface area contributed by atoms with Crippen molar-refractivity contribution in [1.29, 1.82) is 5.26 Å². The maximum absolute atomic E-state index is 8.95. The number of hydrogen-bond donors (Lipinski definition) is 0. The number of halogens is 1. The van der Waals surface area contributed by atoms with E-state index in [0.717, 1.165) is 15.4 Å². The Morgan fingerprint density at radius 1 is 1.54 bits per heavy atom. The highest BCUT2D eigenvalue weighted by molar-refractivity contribution is 9.10. The number of aryl methyl sites for hydroxylation is 1. The van der Waals surface area contributed by atoms with E-state index in [4.69, 9.17) is 5.26 Å². The summed E-state index contributed by atoms with van der Waals surface area (Å²) >= 11 is 5.08. The van der Waals surface area contributed by atoms with Crippen LogP contribution in [0.3, 0.4) is 0 Å². The van der Waals surface area contributed by atoms with Crippen LogP contribution < -0.4 is 0 Å². The van der Waals surface area contributed by atoms with Crippen molar-refractivity contribution in [1.82, 2.24) is 0 Å². The van der Waals surface area contributed by atoms with E-state index in [1.54, 1.807) is 11.3 Å². The van der Waals surface area contributed by atoms with E-state index >= 15 is 0 Å². The molecule has 13 heavy (non-hydrogen) atoms. The van der Waals surface area contributed by atoms with E-state index in [1.807, 2.05) is 17.5 Å². The quantitative estimate of drug-likeness (QED) is 0.698. The summed E-state index contributed by atoms with van der Waals surface area (Å²) in [6, 6.07) is 6.21. The van der Waals surface area contributed by atoms with Crippen molar-refractivity contribution in [3.8, 4) is 6.07 Å². The highest BCUT2D eigenvalue weighted by atomic mass is 79.9. The monoisotopic (exact) mass is 251 g/mol. The molecular weight excluding hydrogens is 246 g/mol. The van der Waals surface area contributed by atoms with E-state index in [2.05, 4.69) is 28.9 Å². The van der Waals surface area contributed by atoms with E-state index < -0.39 is 0 Å². The Hall–Kier alpha value is -0.850. The minimum absolute atomic E-state index is 0.738. The predicted octanol–water partition coefficient (Wildman–Crippen LogP) is 3.84. The molecule has 1 heterocycles. The lowest BCUT2D eigenvalue weighted by Crippen LogP contribution is -1.81. The third-order valence-corrected chi connectivity index (χ3v) is 3.66. The lowest BCUT2D eigenvalue weighted by Gasteiger charge is -2.00. The summed E-state index contributed by atoms with van der Waals surface area (Å²) in [6.45, 7) is 2.06. The van der Waals surface area contributed by atoms with Gasteiger partial charge in [-0.3, -0.25) is 0 Å². The van der Waals surface area contributed by atoms with Crippen LogP contribution in [0.4, 0.5) is 0 Å². The number of thiophene rings is 1. The molecule has 2 rings (SSSR count). The molecule has 1 nitrogen and oxygen atoms in total. The normalized spacial score (nSPS) is 10.2. The minimum Gasteiger partial charge on any atom is -0.192 e. The summed E-state index contributed by atoms with van der Waals surface area (Å²) in [5, 5.41) is 12.0. The molecule has 3 heteroatoms. The number of hydrogen-bond acceptors (Lipinski definition) is 2. The first-order valence-electron chi connectivity index (χ1n) is 3.80. The van der Waals surface area contributed by atoms with Crippen molar-refractivity contribution < 1.29 is 0 Å². The number of rotatable bonds is 0. The average molecular weight is 252 g/mol. The molecule has 1 aromatic carbocycles. The van der Waals surface area contributed by atoms with Crippen LogP contribution in [-0.2, 0) is 0 Å². The van der Waals surface area contributed by atoms with E-state index in [0.29, 0.717) is 0 Å². The van der Waals surface area contributed by atoms with Crippen LogP contribution in [0.2, 0.25) is 0 Å². The van der Waals surface area contributed by atoms with Gasteiger partial charge in [-0.05, 0) is 45.9 Å². The Kier molecular flexibility index (Phi) is 2.10. The van der Waals surface area contributed by atoms with Gasteiger partial charge in [0, 0.05) is 14.6 Å². The highest BCUT2D eigenvalue weighted by Crippen LogP contribution is 2.32. The van der Waals surface area contributed by atoms with Crippen LogP contribution in [-0.4, -0.2) is 0 Å². The van der Waals surface area contributed by atoms with Crippen molar-refractivity contribution >= 4 is 37.4 Å².